The molecular weight excluding hydrogens is 170 g/mol. The van der Waals surface area contributed by atoms with Crippen LogP contribution in [0.4, 0.5) is 0 Å². The molecule has 1 saturated heterocycles. The molecule has 1 rings (SSSR count). The lowest BCUT2D eigenvalue weighted by atomic mass is 9.99. The van der Waals surface area contributed by atoms with Crippen LogP contribution in [0.2, 0.25) is 0 Å². The van der Waals surface area contributed by atoms with E-state index in [0.717, 1.165) is 19.4 Å². The molecule has 0 saturated carbocycles. The molecule has 1 aliphatic heterocycles. The Morgan fingerprint density at radius 2 is 2.54 bits per heavy atom. The zero-order chi connectivity index (χ0) is 9.68. The number of hydrogen-bond donors (Lipinski definition) is 2. The second-order valence-electron chi connectivity index (χ2n) is 3.14. The zero-order valence-corrected chi connectivity index (χ0v) is 7.73. The van der Waals surface area contributed by atoms with Crippen molar-refractivity contribution in [1.82, 2.24) is 10.3 Å². The summed E-state index contributed by atoms with van der Waals surface area (Å²) in [6, 6.07) is 0. The van der Waals surface area contributed by atoms with Gasteiger partial charge in [-0.3, -0.25) is 4.79 Å². The lowest BCUT2D eigenvalue weighted by Crippen LogP contribution is -2.38. The zero-order valence-electron chi connectivity index (χ0n) is 7.73. The molecule has 0 amide bonds. The highest BCUT2D eigenvalue weighted by Crippen LogP contribution is 2.14. The smallest absolute Gasteiger partial charge is 0.308 e. The molecule has 1 aliphatic rings. The van der Waals surface area contributed by atoms with Gasteiger partial charge in [0.1, 0.15) is 6.34 Å². The monoisotopic (exact) mass is 185 g/mol. The second-order valence-corrected chi connectivity index (χ2v) is 3.14. The van der Waals surface area contributed by atoms with Crippen molar-refractivity contribution in [2.75, 3.05) is 20.1 Å². The highest BCUT2D eigenvalue weighted by Gasteiger charge is 2.23. The molecule has 1 unspecified atom stereocenters. The van der Waals surface area contributed by atoms with Crippen LogP contribution >= 0.6 is 0 Å². The van der Waals surface area contributed by atoms with Crippen molar-refractivity contribution in [1.29, 1.82) is 0 Å². The van der Waals surface area contributed by atoms with Crippen LogP contribution in [-0.4, -0.2) is 42.5 Å². The first-order valence-electron chi connectivity index (χ1n) is 4.41. The number of nitrogens with zero attached hydrogens (tertiary/aromatic N) is 2. The van der Waals surface area contributed by atoms with E-state index in [9.17, 15) is 4.79 Å². The molecule has 0 spiro atoms. The minimum atomic E-state index is -0.706. The Hall–Kier alpha value is -1.26. The first-order valence-corrected chi connectivity index (χ1v) is 4.41. The van der Waals surface area contributed by atoms with Gasteiger partial charge in [-0.05, 0) is 12.8 Å². The fourth-order valence-corrected chi connectivity index (χ4v) is 1.45. The third-order valence-corrected chi connectivity index (χ3v) is 2.15. The van der Waals surface area contributed by atoms with E-state index in [0.29, 0.717) is 6.54 Å². The van der Waals surface area contributed by atoms with Gasteiger partial charge in [0.05, 0.1) is 5.92 Å². The topological polar surface area (TPSA) is 64.9 Å². The van der Waals surface area contributed by atoms with Gasteiger partial charge >= 0.3 is 5.97 Å². The van der Waals surface area contributed by atoms with Crippen molar-refractivity contribution in [2.24, 2.45) is 11.0 Å². The normalized spacial score (nSPS) is 23.5. The molecule has 0 aromatic carbocycles. The Morgan fingerprint density at radius 3 is 3.15 bits per heavy atom. The van der Waals surface area contributed by atoms with Crippen molar-refractivity contribution in [2.45, 2.75) is 12.8 Å². The number of piperidine rings is 1. The van der Waals surface area contributed by atoms with Crippen molar-refractivity contribution < 1.29 is 9.90 Å². The quantitative estimate of drug-likeness (QED) is 0.367. The summed E-state index contributed by atoms with van der Waals surface area (Å²) in [5.41, 5.74) is 2.64. The molecule has 5 heteroatoms. The van der Waals surface area contributed by atoms with E-state index in [-0.39, 0.29) is 5.92 Å². The third kappa shape index (κ3) is 2.93. The van der Waals surface area contributed by atoms with E-state index in [1.807, 2.05) is 4.90 Å². The predicted octanol–water partition coefficient (Wildman–Crippen LogP) is -0.0543. The summed E-state index contributed by atoms with van der Waals surface area (Å²) < 4.78 is 0. The van der Waals surface area contributed by atoms with E-state index >= 15 is 0 Å². The van der Waals surface area contributed by atoms with Crippen LogP contribution in [0.1, 0.15) is 12.8 Å². The molecule has 0 bridgehead atoms. The summed E-state index contributed by atoms with van der Waals surface area (Å²) in [6.07, 6.45) is 3.36. The van der Waals surface area contributed by atoms with Gasteiger partial charge in [-0.15, -0.1) is 0 Å². The number of nitrogens with one attached hydrogen (secondary N) is 1. The summed E-state index contributed by atoms with van der Waals surface area (Å²) in [5, 5.41) is 12.6. The average molecular weight is 185 g/mol. The highest BCUT2D eigenvalue weighted by molar-refractivity contribution is 5.71. The summed E-state index contributed by atoms with van der Waals surface area (Å²) in [7, 11) is 1.72. The molecule has 1 heterocycles. The number of carboxylic acid groups (broad SMARTS) is 1. The summed E-state index contributed by atoms with van der Waals surface area (Å²) in [5.74, 6) is -0.945. The second kappa shape index (κ2) is 4.69. The van der Waals surface area contributed by atoms with E-state index in [1.54, 1.807) is 13.4 Å². The van der Waals surface area contributed by atoms with Crippen molar-refractivity contribution >= 4 is 12.3 Å². The van der Waals surface area contributed by atoms with Gasteiger partial charge in [0, 0.05) is 20.1 Å². The molecule has 0 aromatic rings. The first-order chi connectivity index (χ1) is 6.24. The number of hydrogen-bond acceptors (Lipinski definition) is 3. The lowest BCUT2D eigenvalue weighted by Gasteiger charge is -2.28. The number of likely N-dealkylation sites (tertiary alicyclic amines) is 1. The molecule has 1 fully saturated rings. The fourth-order valence-electron chi connectivity index (χ4n) is 1.45. The largest absolute Gasteiger partial charge is 0.481 e. The molecular formula is C8H15N3O2. The minimum absolute atomic E-state index is 0.239. The maximum absolute atomic E-state index is 10.7. The SMILES string of the molecule is CNN=CN1CCCC(C(=O)O)C1. The van der Waals surface area contributed by atoms with Crippen LogP contribution in [0.5, 0.6) is 0 Å². The number of aliphatic carboxylic acids is 1. The van der Waals surface area contributed by atoms with Gasteiger partial charge in [-0.1, -0.05) is 0 Å². The predicted molar refractivity (Wildman–Crippen MR) is 49.5 cm³/mol. The van der Waals surface area contributed by atoms with Crippen LogP contribution in [0.25, 0.3) is 0 Å². The highest BCUT2D eigenvalue weighted by atomic mass is 16.4. The number of carbonyl (C=O) groups is 1. The average Bonchev–Trinajstić information content (AvgIpc) is 2.15. The van der Waals surface area contributed by atoms with Gasteiger partial charge in [-0.25, -0.2) is 0 Å². The van der Waals surface area contributed by atoms with E-state index in [4.69, 9.17) is 5.11 Å². The molecule has 5 nitrogen and oxygen atoms in total. The molecule has 74 valence electrons. The maximum Gasteiger partial charge on any atom is 0.308 e. The Balaban J connectivity index is 2.41. The third-order valence-electron chi connectivity index (χ3n) is 2.15. The summed E-state index contributed by atoms with van der Waals surface area (Å²) in [4.78, 5) is 12.6. The van der Waals surface area contributed by atoms with Gasteiger partial charge in [-0.2, -0.15) is 5.10 Å². The molecule has 1 atom stereocenters. The Morgan fingerprint density at radius 1 is 1.77 bits per heavy atom. The molecule has 2 N–H and O–H groups in total. The Kier molecular flexibility index (Phi) is 3.54. The minimum Gasteiger partial charge on any atom is -0.481 e. The molecule has 0 aromatic heterocycles. The van der Waals surface area contributed by atoms with Crippen molar-refractivity contribution in [3.8, 4) is 0 Å². The maximum atomic E-state index is 10.7. The van der Waals surface area contributed by atoms with Crippen LogP contribution in [0.3, 0.4) is 0 Å². The Labute approximate surface area is 77.4 Å². The molecule has 0 aliphatic carbocycles. The van der Waals surface area contributed by atoms with Gasteiger partial charge in [0.15, 0.2) is 0 Å². The first kappa shape index (κ1) is 9.83. The molecule has 13 heavy (non-hydrogen) atoms. The van der Waals surface area contributed by atoms with Gasteiger partial charge in [0.2, 0.25) is 0 Å². The van der Waals surface area contributed by atoms with Gasteiger partial charge < -0.3 is 15.4 Å². The summed E-state index contributed by atoms with van der Waals surface area (Å²) in [6.45, 7) is 1.47. The summed E-state index contributed by atoms with van der Waals surface area (Å²) >= 11 is 0. The van der Waals surface area contributed by atoms with Crippen LogP contribution in [-0.2, 0) is 4.79 Å². The number of carboxylic acids is 1. The fraction of sp³-hybridized carbons (Fsp3) is 0.750. The van der Waals surface area contributed by atoms with E-state index in [1.165, 1.54) is 0 Å². The van der Waals surface area contributed by atoms with Crippen LogP contribution in [0, 0.1) is 5.92 Å². The van der Waals surface area contributed by atoms with Crippen molar-refractivity contribution in [3.63, 3.8) is 0 Å². The van der Waals surface area contributed by atoms with Crippen LogP contribution < -0.4 is 5.43 Å². The van der Waals surface area contributed by atoms with Crippen molar-refractivity contribution in [3.05, 3.63) is 0 Å². The van der Waals surface area contributed by atoms with Gasteiger partial charge in [0.25, 0.3) is 0 Å². The standard InChI is InChI=1S/C8H15N3O2/c1-9-10-6-11-4-2-3-7(5-11)8(12)13/h6-7,9H,2-5H2,1H3,(H,12,13). The number of rotatable bonds is 3. The lowest BCUT2D eigenvalue weighted by molar-refractivity contribution is -0.143. The Bertz CT molecular complexity index is 206. The molecule has 0 radical (unpaired) electrons. The van der Waals surface area contributed by atoms with Crippen LogP contribution in [0.15, 0.2) is 5.10 Å². The number of hydrazone groups is 1. The van der Waals surface area contributed by atoms with E-state index < -0.39 is 5.97 Å². The van der Waals surface area contributed by atoms with E-state index in [2.05, 4.69) is 10.5 Å².